The van der Waals surface area contributed by atoms with Crippen LogP contribution < -0.4 is 72.4 Å². The number of carbonyl (C=O) groups is 3. The van der Waals surface area contributed by atoms with Gasteiger partial charge in [0, 0.05) is 30.3 Å². The topological polar surface area (TPSA) is 110 Å². The van der Waals surface area contributed by atoms with Gasteiger partial charge in [-0.2, -0.15) is 0 Å². The van der Waals surface area contributed by atoms with Crippen molar-refractivity contribution in [1.29, 1.82) is 0 Å². The van der Waals surface area contributed by atoms with Gasteiger partial charge in [0.1, 0.15) is 0 Å². The van der Waals surface area contributed by atoms with Crippen molar-refractivity contribution in [3.63, 3.8) is 0 Å². The first-order valence-corrected chi connectivity index (χ1v) is 7.99. The van der Waals surface area contributed by atoms with Crippen LogP contribution in [0.3, 0.4) is 0 Å². The molecule has 0 aliphatic carbocycles. The fourth-order valence-corrected chi connectivity index (χ4v) is 3.04. The summed E-state index contributed by atoms with van der Waals surface area (Å²) in [5.74, 6) is -1.28. The summed E-state index contributed by atoms with van der Waals surface area (Å²) < 4.78 is 0. The Balaban J connectivity index is 0.00000264. The van der Waals surface area contributed by atoms with Crippen LogP contribution in [-0.2, 0) is 16.0 Å². The summed E-state index contributed by atoms with van der Waals surface area (Å²) in [7, 11) is 0. The minimum Gasteiger partial charge on any atom is -0.548 e. The van der Waals surface area contributed by atoms with Gasteiger partial charge in [-0.25, -0.2) is 4.79 Å². The maximum Gasteiger partial charge on any atom is 1.00 e. The fourth-order valence-electron chi connectivity index (χ4n) is 2.29. The van der Waals surface area contributed by atoms with Crippen LogP contribution in [0.15, 0.2) is 17.5 Å². The molecular weight excluding hydrogens is 345 g/mol. The maximum atomic E-state index is 11.7. The van der Waals surface area contributed by atoms with Gasteiger partial charge < -0.3 is 25.9 Å². The molecule has 0 aromatic carbocycles. The smallest absolute Gasteiger partial charge is 0.548 e. The van der Waals surface area contributed by atoms with E-state index in [9.17, 15) is 19.5 Å². The number of carbonyl (C=O) groups excluding carboxylic acids is 3. The van der Waals surface area contributed by atoms with Crippen LogP contribution in [0.5, 0.6) is 0 Å². The molecular formula is C14H18KN3O4S. The van der Waals surface area contributed by atoms with E-state index in [4.69, 9.17) is 0 Å². The Labute approximate surface area is 181 Å². The van der Waals surface area contributed by atoms with Crippen molar-refractivity contribution in [2.24, 2.45) is 0 Å². The molecule has 3 amide bonds. The number of aliphatic carboxylic acids is 1. The molecule has 1 unspecified atom stereocenters. The second-order valence-corrected chi connectivity index (χ2v) is 6.18. The molecule has 2 rings (SSSR count). The van der Waals surface area contributed by atoms with E-state index in [-0.39, 0.29) is 69.8 Å². The Bertz CT molecular complexity index is 538. The van der Waals surface area contributed by atoms with Crippen molar-refractivity contribution >= 4 is 29.2 Å². The van der Waals surface area contributed by atoms with Crippen molar-refractivity contribution in [2.45, 2.75) is 37.8 Å². The van der Waals surface area contributed by atoms with Gasteiger partial charge in [-0.05, 0) is 24.3 Å². The van der Waals surface area contributed by atoms with E-state index < -0.39 is 18.0 Å². The van der Waals surface area contributed by atoms with E-state index in [0.717, 1.165) is 11.3 Å². The van der Waals surface area contributed by atoms with Gasteiger partial charge >= 0.3 is 57.4 Å². The van der Waals surface area contributed by atoms with Gasteiger partial charge in [0.05, 0.1) is 12.0 Å². The molecule has 3 N–H and O–H groups in total. The molecule has 1 fully saturated rings. The molecule has 120 valence electrons. The zero-order valence-electron chi connectivity index (χ0n) is 13.0. The summed E-state index contributed by atoms with van der Waals surface area (Å²) in [6, 6.07) is 2.10. The standard InChI is InChI=1S/C14H19N3O4S.K/c18-12-4-3-9(16-12)5-6-15-14(21)17-11(13(19)20)8-10-2-1-7-22-10;/h1-2,7,9,11H,3-6,8H2,(H,16,18)(H,19,20)(H2,15,17,21);/q;+1/p-1/t9-,11?;/m0./s1. The Morgan fingerprint density at radius 1 is 1.48 bits per heavy atom. The monoisotopic (exact) mass is 363 g/mol. The third-order valence-electron chi connectivity index (χ3n) is 3.44. The average Bonchev–Trinajstić information content (AvgIpc) is 3.10. The van der Waals surface area contributed by atoms with Gasteiger partial charge in [-0.3, -0.25) is 4.79 Å². The summed E-state index contributed by atoms with van der Waals surface area (Å²) in [5, 5.41) is 20.7. The van der Waals surface area contributed by atoms with Crippen LogP contribution in [0.2, 0.25) is 0 Å². The first kappa shape index (κ1) is 20.6. The van der Waals surface area contributed by atoms with Gasteiger partial charge in [0.2, 0.25) is 5.91 Å². The van der Waals surface area contributed by atoms with Crippen molar-refractivity contribution < 1.29 is 70.9 Å². The molecule has 1 aromatic heterocycles. The number of thiophene rings is 1. The van der Waals surface area contributed by atoms with Gasteiger partial charge in [0.15, 0.2) is 0 Å². The number of hydrogen-bond acceptors (Lipinski definition) is 5. The number of nitrogens with one attached hydrogen (secondary N) is 3. The number of rotatable bonds is 7. The molecule has 7 nitrogen and oxygen atoms in total. The molecule has 2 heterocycles. The molecule has 9 heteroatoms. The number of carboxylic acids is 1. The van der Waals surface area contributed by atoms with E-state index in [1.165, 1.54) is 11.3 Å². The predicted molar refractivity (Wildman–Crippen MR) is 79.1 cm³/mol. The second kappa shape index (κ2) is 10.4. The summed E-state index contributed by atoms with van der Waals surface area (Å²) in [5.41, 5.74) is 0. The summed E-state index contributed by atoms with van der Waals surface area (Å²) >= 11 is 1.43. The summed E-state index contributed by atoms with van der Waals surface area (Å²) in [6.45, 7) is 0.371. The Morgan fingerprint density at radius 3 is 2.83 bits per heavy atom. The van der Waals surface area contributed by atoms with Gasteiger partial charge in [-0.1, -0.05) is 6.07 Å². The molecule has 0 spiro atoms. The second-order valence-electron chi connectivity index (χ2n) is 5.15. The van der Waals surface area contributed by atoms with Crippen LogP contribution >= 0.6 is 11.3 Å². The largest absolute Gasteiger partial charge is 1.00 e. The number of urea groups is 1. The zero-order chi connectivity index (χ0) is 15.9. The normalized spacial score (nSPS) is 17.7. The van der Waals surface area contributed by atoms with Crippen LogP contribution in [0.4, 0.5) is 4.79 Å². The van der Waals surface area contributed by atoms with Crippen LogP contribution in [0.25, 0.3) is 0 Å². The van der Waals surface area contributed by atoms with E-state index >= 15 is 0 Å². The summed E-state index contributed by atoms with van der Waals surface area (Å²) in [6.07, 6.45) is 2.11. The quantitative estimate of drug-likeness (QED) is 0.435. The first-order chi connectivity index (χ1) is 10.5. The number of amides is 3. The predicted octanol–water partition coefficient (Wildman–Crippen LogP) is -3.62. The van der Waals surface area contributed by atoms with E-state index in [2.05, 4.69) is 16.0 Å². The van der Waals surface area contributed by atoms with Gasteiger partial charge in [-0.15, -0.1) is 11.3 Å². The van der Waals surface area contributed by atoms with E-state index in [1.807, 2.05) is 17.5 Å². The fraction of sp³-hybridized carbons (Fsp3) is 0.500. The van der Waals surface area contributed by atoms with Crippen molar-refractivity contribution in [2.75, 3.05) is 6.54 Å². The zero-order valence-corrected chi connectivity index (χ0v) is 16.9. The number of carboxylic acid groups (broad SMARTS) is 1. The van der Waals surface area contributed by atoms with E-state index in [1.54, 1.807) is 0 Å². The SMILES string of the molecule is O=C1CC[C@@H](CCNC(=O)NC(Cc2cccs2)C(=O)[O-])N1.[K+]. The summed E-state index contributed by atoms with van der Waals surface area (Å²) in [4.78, 5) is 34.7. The van der Waals surface area contributed by atoms with Crippen molar-refractivity contribution in [3.05, 3.63) is 22.4 Å². The number of hydrogen-bond donors (Lipinski definition) is 3. The van der Waals surface area contributed by atoms with Crippen LogP contribution in [0, 0.1) is 0 Å². The minimum atomic E-state index is -1.31. The molecule has 1 aliphatic rings. The van der Waals surface area contributed by atoms with Crippen molar-refractivity contribution in [3.8, 4) is 0 Å². The molecule has 0 saturated carbocycles. The molecule has 23 heavy (non-hydrogen) atoms. The molecule has 2 atom stereocenters. The Morgan fingerprint density at radius 2 is 2.26 bits per heavy atom. The molecule has 1 aliphatic heterocycles. The third kappa shape index (κ3) is 7.32. The molecule has 1 aromatic rings. The van der Waals surface area contributed by atoms with Crippen LogP contribution in [0.1, 0.15) is 24.1 Å². The van der Waals surface area contributed by atoms with E-state index in [0.29, 0.717) is 19.4 Å². The average molecular weight is 363 g/mol. The third-order valence-corrected chi connectivity index (χ3v) is 4.34. The molecule has 0 radical (unpaired) electrons. The Hall–Kier alpha value is -0.454. The molecule has 0 bridgehead atoms. The Kier molecular flexibility index (Phi) is 9.33. The minimum absolute atomic E-state index is 0. The first-order valence-electron chi connectivity index (χ1n) is 7.11. The van der Waals surface area contributed by atoms with Gasteiger partial charge in [0.25, 0.3) is 0 Å². The maximum absolute atomic E-state index is 11.7. The van der Waals surface area contributed by atoms with Crippen LogP contribution in [-0.4, -0.2) is 36.5 Å². The van der Waals surface area contributed by atoms with Crippen molar-refractivity contribution in [1.82, 2.24) is 16.0 Å². The molecule has 1 saturated heterocycles.